The Morgan fingerprint density at radius 2 is 1.95 bits per heavy atom. The third kappa shape index (κ3) is 3.94. The van der Waals surface area contributed by atoms with Crippen LogP contribution < -0.4 is 10.9 Å². The monoisotopic (exact) mass is 296 g/mol. The van der Waals surface area contributed by atoms with Crippen molar-refractivity contribution >= 4 is 16.0 Å². The Labute approximate surface area is 119 Å². The van der Waals surface area contributed by atoms with Gasteiger partial charge in [0.05, 0.1) is 11.4 Å². The number of likely N-dealkylation sites (tertiary alicyclic amines) is 1. The highest BCUT2D eigenvalue weighted by atomic mass is 32.2. The summed E-state index contributed by atoms with van der Waals surface area (Å²) in [4.78, 5) is 6.49. The lowest BCUT2D eigenvalue weighted by atomic mass is 10.1. The van der Waals surface area contributed by atoms with Crippen molar-refractivity contribution in [2.45, 2.75) is 30.7 Å². The van der Waals surface area contributed by atoms with Crippen molar-refractivity contribution in [3.8, 4) is 0 Å². The van der Waals surface area contributed by atoms with Crippen LogP contribution in [0.1, 0.15) is 24.8 Å². The van der Waals surface area contributed by atoms with Crippen LogP contribution in [0.3, 0.4) is 0 Å². The van der Waals surface area contributed by atoms with Crippen molar-refractivity contribution in [3.63, 3.8) is 0 Å². The van der Waals surface area contributed by atoms with Gasteiger partial charge >= 0.3 is 0 Å². The molecule has 1 aromatic rings. The fraction of sp³-hybridized carbons (Fsp3) is 0.462. The minimum Gasteiger partial charge on any atom is -0.370 e. The number of sulfonamides is 1. The molecular formula is C13H20N4O2S. The lowest BCUT2D eigenvalue weighted by Gasteiger charge is -2.27. The van der Waals surface area contributed by atoms with Crippen molar-refractivity contribution in [2.24, 2.45) is 15.9 Å². The number of piperidine rings is 1. The molecular weight excluding hydrogens is 276 g/mol. The molecule has 4 N–H and O–H groups in total. The minimum atomic E-state index is -3.67. The molecule has 0 unspecified atom stereocenters. The van der Waals surface area contributed by atoms with Crippen LogP contribution in [-0.4, -0.2) is 32.4 Å². The van der Waals surface area contributed by atoms with Gasteiger partial charge in [0.1, 0.15) is 0 Å². The SMILES string of the molecule is NC(=NCc1cccc(S(N)(=O)=O)c1)N1CCCCC1. The first-order valence-electron chi connectivity index (χ1n) is 6.63. The Balaban J connectivity index is 2.06. The second-order valence-electron chi connectivity index (χ2n) is 4.91. The van der Waals surface area contributed by atoms with Crippen LogP contribution in [0.25, 0.3) is 0 Å². The number of rotatable bonds is 3. The van der Waals surface area contributed by atoms with Gasteiger partial charge in [0.2, 0.25) is 10.0 Å². The van der Waals surface area contributed by atoms with E-state index in [0.717, 1.165) is 31.5 Å². The summed E-state index contributed by atoms with van der Waals surface area (Å²) < 4.78 is 22.6. The van der Waals surface area contributed by atoms with Crippen LogP contribution in [0.4, 0.5) is 0 Å². The normalized spacial score (nSPS) is 17.2. The molecule has 1 fully saturated rings. The van der Waals surface area contributed by atoms with Gasteiger partial charge in [-0.05, 0) is 37.0 Å². The fourth-order valence-electron chi connectivity index (χ4n) is 2.22. The molecule has 0 aliphatic carbocycles. The van der Waals surface area contributed by atoms with Gasteiger partial charge < -0.3 is 10.6 Å². The molecule has 20 heavy (non-hydrogen) atoms. The molecule has 0 amide bonds. The van der Waals surface area contributed by atoms with E-state index in [0.29, 0.717) is 12.5 Å². The van der Waals surface area contributed by atoms with Gasteiger partial charge in [-0.3, -0.25) is 0 Å². The molecule has 0 spiro atoms. The standard InChI is InChI=1S/C13H20N4O2S/c14-13(17-7-2-1-3-8-17)16-10-11-5-4-6-12(9-11)20(15,18)19/h4-6,9H,1-3,7-8,10H2,(H2,14,16)(H2,15,18,19). The fourth-order valence-corrected chi connectivity index (χ4v) is 2.80. The minimum absolute atomic E-state index is 0.0988. The highest BCUT2D eigenvalue weighted by Crippen LogP contribution is 2.12. The second-order valence-corrected chi connectivity index (χ2v) is 6.48. The number of hydrogen-bond donors (Lipinski definition) is 2. The molecule has 6 nitrogen and oxygen atoms in total. The zero-order valence-electron chi connectivity index (χ0n) is 11.3. The number of primary sulfonamides is 1. The van der Waals surface area contributed by atoms with E-state index in [-0.39, 0.29) is 4.90 Å². The molecule has 1 aliphatic heterocycles. The number of nitrogens with zero attached hydrogens (tertiary/aromatic N) is 2. The Morgan fingerprint density at radius 1 is 1.25 bits per heavy atom. The van der Waals surface area contributed by atoms with E-state index in [4.69, 9.17) is 10.9 Å². The van der Waals surface area contributed by atoms with E-state index in [1.54, 1.807) is 6.07 Å². The average molecular weight is 296 g/mol. The van der Waals surface area contributed by atoms with Gasteiger partial charge in [0, 0.05) is 13.1 Å². The highest BCUT2D eigenvalue weighted by molar-refractivity contribution is 7.89. The largest absolute Gasteiger partial charge is 0.370 e. The molecule has 0 atom stereocenters. The molecule has 1 aliphatic rings. The highest BCUT2D eigenvalue weighted by Gasteiger charge is 2.12. The predicted molar refractivity (Wildman–Crippen MR) is 78.6 cm³/mol. The van der Waals surface area contributed by atoms with Crippen LogP contribution in [0.2, 0.25) is 0 Å². The quantitative estimate of drug-likeness (QED) is 0.631. The van der Waals surface area contributed by atoms with Gasteiger partial charge in [-0.15, -0.1) is 0 Å². The molecule has 7 heteroatoms. The van der Waals surface area contributed by atoms with E-state index in [1.807, 2.05) is 6.07 Å². The molecule has 0 aromatic heterocycles. The summed E-state index contributed by atoms with van der Waals surface area (Å²) in [5, 5.41) is 5.10. The van der Waals surface area contributed by atoms with Crippen LogP contribution in [0.15, 0.2) is 34.2 Å². The lowest BCUT2D eigenvalue weighted by Crippen LogP contribution is -2.40. The lowest BCUT2D eigenvalue weighted by molar-refractivity contribution is 0.338. The first-order valence-corrected chi connectivity index (χ1v) is 8.18. The molecule has 0 radical (unpaired) electrons. The number of benzene rings is 1. The van der Waals surface area contributed by atoms with Crippen LogP contribution >= 0.6 is 0 Å². The van der Waals surface area contributed by atoms with Crippen molar-refractivity contribution in [1.82, 2.24) is 4.90 Å². The second kappa shape index (κ2) is 6.23. The van der Waals surface area contributed by atoms with E-state index in [1.165, 1.54) is 18.6 Å². The summed E-state index contributed by atoms with van der Waals surface area (Å²) in [5.74, 6) is 0.519. The summed E-state index contributed by atoms with van der Waals surface area (Å²) in [7, 11) is -3.67. The van der Waals surface area contributed by atoms with Crippen LogP contribution in [0.5, 0.6) is 0 Å². The predicted octanol–water partition coefficient (Wildman–Crippen LogP) is 0.635. The first kappa shape index (κ1) is 14.8. The maximum Gasteiger partial charge on any atom is 0.238 e. The Hall–Kier alpha value is -1.60. The summed E-state index contributed by atoms with van der Waals surface area (Å²) in [6.45, 7) is 2.23. The number of hydrogen-bond acceptors (Lipinski definition) is 3. The van der Waals surface area contributed by atoms with Crippen molar-refractivity contribution in [3.05, 3.63) is 29.8 Å². The number of nitrogens with two attached hydrogens (primary N) is 2. The van der Waals surface area contributed by atoms with Gasteiger partial charge in [0.15, 0.2) is 5.96 Å². The third-order valence-corrected chi connectivity index (χ3v) is 4.24. The first-order chi connectivity index (χ1) is 9.47. The molecule has 110 valence electrons. The Bertz CT molecular complexity index is 592. The number of aliphatic imine (C=N–C) groups is 1. The maximum atomic E-state index is 11.3. The average Bonchev–Trinajstić information content (AvgIpc) is 2.45. The van der Waals surface area contributed by atoms with Gasteiger partial charge in [-0.1, -0.05) is 12.1 Å². The molecule has 0 bridgehead atoms. The van der Waals surface area contributed by atoms with Gasteiger partial charge in [-0.2, -0.15) is 0 Å². The van der Waals surface area contributed by atoms with E-state index < -0.39 is 10.0 Å². The maximum absolute atomic E-state index is 11.3. The molecule has 0 saturated carbocycles. The topological polar surface area (TPSA) is 102 Å². The Morgan fingerprint density at radius 3 is 2.60 bits per heavy atom. The summed E-state index contributed by atoms with van der Waals surface area (Å²) in [5.41, 5.74) is 6.73. The summed E-state index contributed by atoms with van der Waals surface area (Å²) >= 11 is 0. The Kier molecular flexibility index (Phi) is 4.61. The van der Waals surface area contributed by atoms with Gasteiger partial charge in [-0.25, -0.2) is 18.5 Å². The summed E-state index contributed by atoms with van der Waals surface area (Å²) in [6.07, 6.45) is 3.51. The molecule has 1 saturated heterocycles. The molecule has 2 rings (SSSR count). The van der Waals surface area contributed by atoms with Crippen molar-refractivity contribution < 1.29 is 8.42 Å². The van der Waals surface area contributed by atoms with E-state index in [9.17, 15) is 8.42 Å². The third-order valence-electron chi connectivity index (χ3n) is 3.33. The van der Waals surface area contributed by atoms with Crippen molar-refractivity contribution in [1.29, 1.82) is 0 Å². The van der Waals surface area contributed by atoms with E-state index in [2.05, 4.69) is 9.89 Å². The smallest absolute Gasteiger partial charge is 0.238 e. The summed E-state index contributed by atoms with van der Waals surface area (Å²) in [6, 6.07) is 6.46. The van der Waals surface area contributed by atoms with Crippen LogP contribution in [0, 0.1) is 0 Å². The van der Waals surface area contributed by atoms with Crippen LogP contribution in [-0.2, 0) is 16.6 Å². The number of guanidine groups is 1. The van der Waals surface area contributed by atoms with E-state index >= 15 is 0 Å². The molecule has 1 heterocycles. The molecule has 1 aromatic carbocycles. The van der Waals surface area contributed by atoms with Crippen molar-refractivity contribution in [2.75, 3.05) is 13.1 Å². The van der Waals surface area contributed by atoms with Gasteiger partial charge in [0.25, 0.3) is 0 Å². The zero-order valence-corrected chi connectivity index (χ0v) is 12.1. The zero-order chi connectivity index (χ0) is 14.6.